The molecule has 0 radical (unpaired) electrons. The number of hydrogen-bond donors (Lipinski definition) is 5. The lowest BCUT2D eigenvalue weighted by Gasteiger charge is -2.43. The summed E-state index contributed by atoms with van der Waals surface area (Å²) in [6, 6.07) is 16.7. The number of ketones is 5. The lowest BCUT2D eigenvalue weighted by molar-refractivity contribution is -0.249. The van der Waals surface area contributed by atoms with Gasteiger partial charge in [0, 0.05) is 87.9 Å². The summed E-state index contributed by atoms with van der Waals surface area (Å²) in [7, 11) is 4.93. The van der Waals surface area contributed by atoms with E-state index in [9.17, 15) is 44.4 Å². The summed E-state index contributed by atoms with van der Waals surface area (Å²) in [4.78, 5) is 66.9. The first-order valence-electron chi connectivity index (χ1n) is 20.7. The number of aromatic hydroxyl groups is 2. The van der Waals surface area contributed by atoms with Crippen LogP contribution in [0.1, 0.15) is 113 Å². The van der Waals surface area contributed by atoms with Gasteiger partial charge in [-0.25, -0.2) is 0 Å². The van der Waals surface area contributed by atoms with Crippen LogP contribution < -0.4 is 10.1 Å². The molecular formula is C48H50ClN3O12. The number of rotatable bonds is 13. The molecule has 3 aromatic carbocycles. The molecule has 0 bridgehead atoms. The predicted molar refractivity (Wildman–Crippen MR) is 234 cm³/mol. The van der Waals surface area contributed by atoms with Crippen molar-refractivity contribution in [3.8, 4) is 17.2 Å². The number of carbonyl (C=O) groups is 5. The van der Waals surface area contributed by atoms with Crippen molar-refractivity contribution in [3.05, 3.63) is 135 Å². The fraction of sp³-hybridized carbons (Fsp3) is 0.354. The molecule has 8 rings (SSSR count). The van der Waals surface area contributed by atoms with Gasteiger partial charge in [0.1, 0.15) is 22.8 Å². The molecule has 1 saturated heterocycles. The topological polar surface area (TPSA) is 216 Å². The number of carbonyl (C=O) groups excluding carboxylic acids is 5. The number of fused-ring (bicyclic) bond motifs is 3. The highest BCUT2D eigenvalue weighted by atomic mass is 35.5. The smallest absolute Gasteiger partial charge is 0.202 e. The molecule has 64 heavy (non-hydrogen) atoms. The van der Waals surface area contributed by atoms with Crippen LogP contribution in [0.5, 0.6) is 17.2 Å². The molecule has 3 heterocycles. The summed E-state index contributed by atoms with van der Waals surface area (Å²) in [6.45, 7) is 3.17. The van der Waals surface area contributed by atoms with E-state index in [0.29, 0.717) is 17.9 Å². The van der Waals surface area contributed by atoms with E-state index in [1.807, 2.05) is 43.6 Å². The van der Waals surface area contributed by atoms with Crippen molar-refractivity contribution >= 4 is 41.3 Å². The first kappa shape index (κ1) is 46.1. The number of phenolic OH excluding ortho intramolecular Hbond substituents is 2. The number of halogens is 1. The number of aromatic nitrogens is 2. The Morgan fingerprint density at radius 1 is 0.875 bits per heavy atom. The minimum atomic E-state index is -2.07. The highest BCUT2D eigenvalue weighted by molar-refractivity contribution is 6.31. The van der Waals surface area contributed by atoms with Gasteiger partial charge in [-0.15, -0.1) is 12.4 Å². The van der Waals surface area contributed by atoms with Crippen molar-refractivity contribution in [2.45, 2.75) is 88.7 Å². The van der Waals surface area contributed by atoms with E-state index in [1.165, 1.54) is 32.2 Å². The zero-order valence-corrected chi connectivity index (χ0v) is 36.7. The maximum Gasteiger partial charge on any atom is 0.202 e. The maximum absolute atomic E-state index is 14.0. The Hall–Kier alpha value is -5.94. The Kier molecular flexibility index (Phi) is 12.9. The monoisotopic (exact) mass is 895 g/mol. The number of nitrogens with one attached hydrogen (secondary N) is 1. The summed E-state index contributed by atoms with van der Waals surface area (Å²) < 4.78 is 21.3. The molecular weight excluding hydrogens is 846 g/mol. The number of benzene rings is 3. The van der Waals surface area contributed by atoms with Gasteiger partial charge < -0.3 is 49.1 Å². The summed E-state index contributed by atoms with van der Waals surface area (Å²) in [6.07, 6.45) is -0.904. The van der Waals surface area contributed by atoms with Gasteiger partial charge in [-0.05, 0) is 54.8 Å². The third-order valence-corrected chi connectivity index (χ3v) is 12.7. The zero-order valence-electron chi connectivity index (χ0n) is 35.9. The van der Waals surface area contributed by atoms with Gasteiger partial charge in [-0.3, -0.25) is 24.0 Å². The van der Waals surface area contributed by atoms with Crippen LogP contribution in [0.4, 0.5) is 0 Å². The molecule has 16 heteroatoms. The number of aliphatic hydroxyl groups is 2. The number of methoxy groups -OCH3 is 1. The summed E-state index contributed by atoms with van der Waals surface area (Å²) >= 11 is 0. The van der Waals surface area contributed by atoms with E-state index in [2.05, 4.69) is 5.32 Å². The maximum atomic E-state index is 14.0. The normalized spacial score (nSPS) is 22.5. The first-order valence-corrected chi connectivity index (χ1v) is 20.7. The van der Waals surface area contributed by atoms with Crippen molar-refractivity contribution in [2.24, 2.45) is 14.1 Å². The average molecular weight is 896 g/mol. The number of hydrogen-bond acceptors (Lipinski definition) is 13. The van der Waals surface area contributed by atoms with Crippen LogP contribution in [0, 0.1) is 0 Å². The molecule has 1 fully saturated rings. The Labute approximate surface area is 375 Å². The second kappa shape index (κ2) is 17.9. The number of aliphatic hydroxyl groups excluding tert-OH is 1. The van der Waals surface area contributed by atoms with E-state index in [-0.39, 0.29) is 77.7 Å². The van der Waals surface area contributed by atoms with Crippen LogP contribution in [0.25, 0.3) is 0 Å². The van der Waals surface area contributed by atoms with Crippen LogP contribution in [0.15, 0.2) is 73.1 Å². The molecule has 336 valence electrons. The van der Waals surface area contributed by atoms with Gasteiger partial charge >= 0.3 is 0 Å². The minimum absolute atomic E-state index is 0. The SMILES string of the molecule is COc1cccc2c1C(=O)c1c(O)c3c(c(O)c1C2=O)C[C@@](O)(C(C)=O)CC3OC1CC(NCc2ccc(CC(=O)c3cc(CC(=O)c4cccn4C)cn3C)cc2)C(O)C(C)O1.Cl. The van der Waals surface area contributed by atoms with Crippen molar-refractivity contribution in [1.29, 1.82) is 0 Å². The third kappa shape index (κ3) is 8.30. The van der Waals surface area contributed by atoms with Crippen LogP contribution in [-0.4, -0.2) is 95.7 Å². The van der Waals surface area contributed by atoms with Gasteiger partial charge in [0.2, 0.25) is 5.78 Å². The number of phenols is 2. The van der Waals surface area contributed by atoms with Gasteiger partial charge in [-0.1, -0.05) is 36.4 Å². The van der Waals surface area contributed by atoms with Gasteiger partial charge in [0.25, 0.3) is 0 Å². The van der Waals surface area contributed by atoms with Crippen LogP contribution in [-0.2, 0) is 54.2 Å². The molecule has 5 aromatic rings. The number of aryl methyl sites for hydroxylation is 2. The molecule has 2 aliphatic carbocycles. The Bertz CT molecular complexity index is 2690. The molecule has 3 aliphatic rings. The summed E-state index contributed by atoms with van der Waals surface area (Å²) in [5.41, 5.74) is 0.264. The van der Waals surface area contributed by atoms with Gasteiger partial charge in [0.05, 0.1) is 53.5 Å². The quantitative estimate of drug-likeness (QED) is 0.0779. The zero-order chi connectivity index (χ0) is 45.1. The van der Waals surface area contributed by atoms with E-state index >= 15 is 0 Å². The van der Waals surface area contributed by atoms with Crippen molar-refractivity contribution in [2.75, 3.05) is 7.11 Å². The largest absolute Gasteiger partial charge is 0.507 e. The fourth-order valence-electron chi connectivity index (χ4n) is 9.16. The predicted octanol–water partition coefficient (Wildman–Crippen LogP) is 4.81. The second-order valence-corrected chi connectivity index (χ2v) is 16.8. The average Bonchev–Trinajstić information content (AvgIpc) is 3.86. The Morgan fingerprint density at radius 2 is 1.55 bits per heavy atom. The Balaban J connectivity index is 0.00000612. The highest BCUT2D eigenvalue weighted by Crippen LogP contribution is 2.52. The summed E-state index contributed by atoms with van der Waals surface area (Å²) in [5, 5.41) is 49.7. The number of nitrogens with zero attached hydrogens (tertiary/aromatic N) is 2. The lowest BCUT2D eigenvalue weighted by Crippen LogP contribution is -2.54. The van der Waals surface area contributed by atoms with Gasteiger partial charge in [-0.2, -0.15) is 0 Å². The molecule has 1 aliphatic heterocycles. The summed E-state index contributed by atoms with van der Waals surface area (Å²) in [5.74, 6) is -3.44. The van der Waals surface area contributed by atoms with E-state index in [4.69, 9.17) is 14.2 Å². The van der Waals surface area contributed by atoms with E-state index in [1.54, 1.807) is 41.4 Å². The minimum Gasteiger partial charge on any atom is -0.507 e. The second-order valence-electron chi connectivity index (χ2n) is 16.8. The molecule has 2 aromatic heterocycles. The van der Waals surface area contributed by atoms with Crippen molar-refractivity contribution < 1.29 is 58.6 Å². The molecule has 0 saturated carbocycles. The van der Waals surface area contributed by atoms with Crippen molar-refractivity contribution in [3.63, 3.8) is 0 Å². The highest BCUT2D eigenvalue weighted by Gasteiger charge is 2.49. The lowest BCUT2D eigenvalue weighted by atomic mass is 9.72. The van der Waals surface area contributed by atoms with Crippen LogP contribution in [0.2, 0.25) is 0 Å². The van der Waals surface area contributed by atoms with E-state index < -0.39 is 82.6 Å². The van der Waals surface area contributed by atoms with Gasteiger partial charge in [0.15, 0.2) is 29.4 Å². The van der Waals surface area contributed by atoms with Crippen LogP contribution >= 0.6 is 12.4 Å². The molecule has 0 amide bonds. The molecule has 5 N–H and O–H groups in total. The number of Topliss-reactive ketones (excluding diaryl/α,β-unsaturated/α-hetero) is 3. The molecule has 0 spiro atoms. The molecule has 6 atom stereocenters. The Morgan fingerprint density at radius 3 is 2.22 bits per heavy atom. The third-order valence-electron chi connectivity index (χ3n) is 12.7. The number of ether oxygens (including phenoxy) is 3. The standard InChI is InChI=1S/C48H49N3O12.ClH/c1-24-43(55)31(49-22-27-13-11-26(12-14-27)17-35(54)33-16-28(23-51(33)4)18-34(53)32-9-7-15-50(32)3)19-38(62-24)63-37-21-48(60,25(2)52)20-30-40(37)47(59)42-41(45(30)57)44(56)29-8-6-10-36(61-5)39(29)46(42)58;/h6-16,23-24,31,37-38,43,49,55,57,59-60H,17-22H2,1-5H3;1H/t24?,31?,37?,38?,43?,48-;/m0./s1. The fourth-order valence-corrected chi connectivity index (χ4v) is 9.16. The van der Waals surface area contributed by atoms with E-state index in [0.717, 1.165) is 16.7 Å². The molecule has 15 nitrogen and oxygen atoms in total. The molecule has 5 unspecified atom stereocenters. The van der Waals surface area contributed by atoms with Crippen LogP contribution in [0.3, 0.4) is 0 Å². The van der Waals surface area contributed by atoms with Crippen molar-refractivity contribution in [1.82, 2.24) is 14.5 Å². The first-order chi connectivity index (χ1) is 30.0.